The zero-order chi connectivity index (χ0) is 19.2. The van der Waals surface area contributed by atoms with Crippen LogP contribution in [0.5, 0.6) is 11.5 Å². The Labute approximate surface area is 172 Å². The molecule has 27 heavy (non-hydrogen) atoms. The fourth-order valence-electron chi connectivity index (χ4n) is 2.68. The maximum Gasteiger partial charge on any atom is 0.138 e. The van der Waals surface area contributed by atoms with Crippen LogP contribution in [-0.2, 0) is 6.42 Å². The zero-order valence-electron chi connectivity index (χ0n) is 14.8. The van der Waals surface area contributed by atoms with Crippen molar-refractivity contribution in [3.05, 3.63) is 86.8 Å². The third kappa shape index (κ3) is 5.12. The molecule has 0 saturated carbocycles. The molecule has 1 N–H and O–H groups in total. The second-order valence-electron chi connectivity index (χ2n) is 5.97. The summed E-state index contributed by atoms with van der Waals surface area (Å²) >= 11 is 9.68. The van der Waals surface area contributed by atoms with E-state index in [0.717, 1.165) is 27.6 Å². The molecule has 0 fully saturated rings. The van der Waals surface area contributed by atoms with E-state index in [2.05, 4.69) is 20.9 Å². The summed E-state index contributed by atoms with van der Waals surface area (Å²) < 4.78 is 6.06. The molecule has 0 spiro atoms. The Morgan fingerprint density at radius 1 is 1.11 bits per heavy atom. The summed E-state index contributed by atoms with van der Waals surface area (Å²) in [6, 6.07) is 19.1. The summed E-state index contributed by atoms with van der Waals surface area (Å²) in [5, 5.41) is 11.1. The lowest BCUT2D eigenvalue weighted by atomic mass is 10.0. The molecule has 0 atom stereocenters. The number of ether oxygens (including phenoxy) is 1. The molecule has 0 bridgehead atoms. The van der Waals surface area contributed by atoms with Crippen LogP contribution in [0.3, 0.4) is 0 Å². The third-order valence-electron chi connectivity index (χ3n) is 4.01. The lowest BCUT2D eigenvalue weighted by molar-refractivity contribution is 0.340. The standard InChI is InChI=1S/C22H19BrClNO2/c1-2-27-19-9-7-18(8-10-19)25-14-17-12-15(13-20(23)22(17)26)11-16-5-3-4-6-21(16)24/h3-10,12-14,26H,2,11H2,1H3. The van der Waals surface area contributed by atoms with Gasteiger partial charge >= 0.3 is 0 Å². The number of phenols is 1. The molecule has 0 aliphatic heterocycles. The molecule has 0 aliphatic rings. The first kappa shape index (κ1) is 19.5. The van der Waals surface area contributed by atoms with Gasteiger partial charge in [0.2, 0.25) is 0 Å². The van der Waals surface area contributed by atoms with Crippen molar-refractivity contribution in [2.24, 2.45) is 4.99 Å². The Hall–Kier alpha value is -2.30. The second-order valence-corrected chi connectivity index (χ2v) is 7.23. The normalized spacial score (nSPS) is 11.1. The average Bonchev–Trinajstić information content (AvgIpc) is 2.66. The van der Waals surface area contributed by atoms with Gasteiger partial charge in [-0.15, -0.1) is 0 Å². The molecular formula is C22H19BrClNO2. The van der Waals surface area contributed by atoms with Gasteiger partial charge in [0.1, 0.15) is 11.5 Å². The van der Waals surface area contributed by atoms with E-state index in [1.165, 1.54) is 0 Å². The van der Waals surface area contributed by atoms with Crippen molar-refractivity contribution in [2.75, 3.05) is 6.61 Å². The van der Waals surface area contributed by atoms with E-state index in [4.69, 9.17) is 16.3 Å². The Kier molecular flexibility index (Phi) is 6.54. The molecule has 0 heterocycles. The summed E-state index contributed by atoms with van der Waals surface area (Å²) in [6.07, 6.45) is 2.33. The van der Waals surface area contributed by atoms with Crippen LogP contribution < -0.4 is 4.74 Å². The highest BCUT2D eigenvalue weighted by molar-refractivity contribution is 9.10. The molecule has 3 nitrogen and oxygen atoms in total. The Morgan fingerprint density at radius 3 is 2.56 bits per heavy atom. The van der Waals surface area contributed by atoms with Crippen molar-refractivity contribution in [3.63, 3.8) is 0 Å². The third-order valence-corrected chi connectivity index (χ3v) is 4.98. The quantitative estimate of drug-likeness (QED) is 0.438. The van der Waals surface area contributed by atoms with Crippen LogP contribution in [0.2, 0.25) is 5.02 Å². The molecule has 0 aliphatic carbocycles. The fourth-order valence-corrected chi connectivity index (χ4v) is 3.41. The number of aromatic hydroxyl groups is 1. The Bertz CT molecular complexity index is 955. The van der Waals surface area contributed by atoms with Crippen molar-refractivity contribution in [3.8, 4) is 11.5 Å². The number of benzene rings is 3. The predicted molar refractivity (Wildman–Crippen MR) is 115 cm³/mol. The van der Waals surface area contributed by atoms with Gasteiger partial charge in [-0.25, -0.2) is 0 Å². The maximum absolute atomic E-state index is 10.4. The van der Waals surface area contributed by atoms with Gasteiger partial charge in [-0.3, -0.25) is 4.99 Å². The molecule has 0 unspecified atom stereocenters. The lowest BCUT2D eigenvalue weighted by Gasteiger charge is -2.09. The van der Waals surface area contributed by atoms with Gasteiger partial charge in [0.15, 0.2) is 0 Å². The number of phenolic OH excluding ortho intramolecular Hbond substituents is 1. The minimum absolute atomic E-state index is 0.160. The smallest absolute Gasteiger partial charge is 0.138 e. The fraction of sp³-hybridized carbons (Fsp3) is 0.136. The molecule has 138 valence electrons. The van der Waals surface area contributed by atoms with Crippen LogP contribution in [0, 0.1) is 0 Å². The van der Waals surface area contributed by atoms with Crippen LogP contribution in [0.25, 0.3) is 0 Å². The largest absolute Gasteiger partial charge is 0.506 e. The number of rotatable bonds is 6. The molecule has 3 aromatic rings. The second kappa shape index (κ2) is 9.07. The first-order valence-electron chi connectivity index (χ1n) is 8.58. The van der Waals surface area contributed by atoms with Gasteiger partial charge < -0.3 is 9.84 Å². The summed E-state index contributed by atoms with van der Waals surface area (Å²) in [5.41, 5.74) is 3.48. The highest BCUT2D eigenvalue weighted by Crippen LogP contribution is 2.31. The topological polar surface area (TPSA) is 41.8 Å². The maximum atomic E-state index is 10.4. The van der Waals surface area contributed by atoms with Crippen molar-refractivity contribution in [1.29, 1.82) is 0 Å². The first-order chi connectivity index (χ1) is 13.1. The molecule has 5 heteroatoms. The van der Waals surface area contributed by atoms with E-state index in [1.807, 2.05) is 67.6 Å². The predicted octanol–water partition coefficient (Wildman–Crippen LogP) is 6.55. The van der Waals surface area contributed by atoms with E-state index >= 15 is 0 Å². The Morgan fingerprint density at radius 2 is 1.85 bits per heavy atom. The van der Waals surface area contributed by atoms with Gasteiger partial charge in [-0.05, 0) is 82.9 Å². The molecule has 0 saturated heterocycles. The average molecular weight is 445 g/mol. The lowest BCUT2D eigenvalue weighted by Crippen LogP contribution is -1.93. The van der Waals surface area contributed by atoms with Crippen LogP contribution in [-0.4, -0.2) is 17.9 Å². The monoisotopic (exact) mass is 443 g/mol. The summed E-state index contributed by atoms with van der Waals surface area (Å²) in [5.74, 6) is 0.969. The van der Waals surface area contributed by atoms with Crippen LogP contribution in [0.15, 0.2) is 70.1 Å². The van der Waals surface area contributed by atoms with Crippen LogP contribution in [0.1, 0.15) is 23.6 Å². The van der Waals surface area contributed by atoms with Gasteiger partial charge in [0.05, 0.1) is 16.8 Å². The summed E-state index contributed by atoms with van der Waals surface area (Å²) in [6.45, 7) is 2.57. The van der Waals surface area contributed by atoms with Crippen molar-refractivity contribution in [2.45, 2.75) is 13.3 Å². The Balaban J connectivity index is 1.84. The van der Waals surface area contributed by atoms with E-state index < -0.39 is 0 Å². The van der Waals surface area contributed by atoms with Crippen molar-refractivity contribution in [1.82, 2.24) is 0 Å². The number of halogens is 2. The highest BCUT2D eigenvalue weighted by atomic mass is 79.9. The van der Waals surface area contributed by atoms with E-state index in [0.29, 0.717) is 23.1 Å². The molecule has 0 radical (unpaired) electrons. The molecular weight excluding hydrogens is 426 g/mol. The summed E-state index contributed by atoms with van der Waals surface area (Å²) in [7, 11) is 0. The highest BCUT2D eigenvalue weighted by Gasteiger charge is 2.09. The number of hydrogen-bond donors (Lipinski definition) is 1. The minimum Gasteiger partial charge on any atom is -0.506 e. The van der Waals surface area contributed by atoms with Crippen LogP contribution >= 0.6 is 27.5 Å². The van der Waals surface area contributed by atoms with E-state index in [-0.39, 0.29) is 5.75 Å². The molecule has 3 rings (SSSR count). The van der Waals surface area contributed by atoms with Crippen LogP contribution in [0.4, 0.5) is 5.69 Å². The molecule has 0 amide bonds. The van der Waals surface area contributed by atoms with E-state index in [1.54, 1.807) is 6.21 Å². The van der Waals surface area contributed by atoms with Gasteiger partial charge in [0.25, 0.3) is 0 Å². The van der Waals surface area contributed by atoms with Gasteiger partial charge in [-0.1, -0.05) is 29.8 Å². The SMILES string of the molecule is CCOc1ccc(N=Cc2cc(Cc3ccccc3Cl)cc(Br)c2O)cc1. The van der Waals surface area contributed by atoms with Crippen molar-refractivity contribution < 1.29 is 9.84 Å². The molecule has 3 aromatic carbocycles. The van der Waals surface area contributed by atoms with E-state index in [9.17, 15) is 5.11 Å². The number of aliphatic imine (C=N–C) groups is 1. The zero-order valence-corrected chi connectivity index (χ0v) is 17.2. The molecule has 0 aromatic heterocycles. The van der Waals surface area contributed by atoms with Gasteiger partial charge in [-0.2, -0.15) is 0 Å². The van der Waals surface area contributed by atoms with Crippen molar-refractivity contribution >= 4 is 39.4 Å². The number of hydrogen-bond acceptors (Lipinski definition) is 3. The first-order valence-corrected chi connectivity index (χ1v) is 9.75. The van der Waals surface area contributed by atoms with Gasteiger partial charge in [0, 0.05) is 16.8 Å². The number of nitrogens with zero attached hydrogens (tertiary/aromatic N) is 1. The minimum atomic E-state index is 0.160. The summed E-state index contributed by atoms with van der Waals surface area (Å²) in [4.78, 5) is 4.46.